The fourth-order valence-corrected chi connectivity index (χ4v) is 2.62. The Labute approximate surface area is 109 Å². The van der Waals surface area contributed by atoms with E-state index in [0.29, 0.717) is 24.5 Å². The molecule has 2 heteroatoms. The summed E-state index contributed by atoms with van der Waals surface area (Å²) in [6.45, 7) is 2.12. The third-order valence-electron chi connectivity index (χ3n) is 3.49. The number of rotatable bonds is 3. The van der Waals surface area contributed by atoms with Gasteiger partial charge in [0.05, 0.1) is 7.11 Å². The number of hydrogen-bond donors (Lipinski definition) is 0. The van der Waals surface area contributed by atoms with Crippen molar-refractivity contribution in [3.05, 3.63) is 41.5 Å². The average Bonchev–Trinajstić information content (AvgIpc) is 2.38. The molecule has 0 N–H and O–H groups in total. The van der Waals surface area contributed by atoms with Crippen LogP contribution >= 0.6 is 0 Å². The fraction of sp³-hybridized carbons (Fsp3) is 0.438. The molecule has 0 radical (unpaired) electrons. The van der Waals surface area contributed by atoms with Crippen LogP contribution in [-0.4, -0.2) is 12.9 Å². The smallest absolute Gasteiger partial charge is 0.137 e. The number of ketones is 1. The van der Waals surface area contributed by atoms with Crippen molar-refractivity contribution in [1.29, 1.82) is 0 Å². The molecule has 1 fully saturated rings. The van der Waals surface area contributed by atoms with E-state index in [1.165, 1.54) is 11.1 Å². The Hall–Kier alpha value is -1.57. The summed E-state index contributed by atoms with van der Waals surface area (Å²) in [6, 6.07) is 8.09. The predicted octanol–water partition coefficient (Wildman–Crippen LogP) is 3.87. The molecule has 1 aromatic rings. The summed E-state index contributed by atoms with van der Waals surface area (Å²) >= 11 is 0. The fourth-order valence-electron chi connectivity index (χ4n) is 2.62. The number of benzene rings is 1. The Morgan fingerprint density at radius 2 is 2.00 bits per heavy atom. The lowest BCUT2D eigenvalue weighted by Crippen LogP contribution is -2.15. The van der Waals surface area contributed by atoms with Gasteiger partial charge >= 0.3 is 0 Å². The van der Waals surface area contributed by atoms with Crippen molar-refractivity contribution in [3.63, 3.8) is 0 Å². The van der Waals surface area contributed by atoms with Crippen molar-refractivity contribution >= 4 is 5.78 Å². The van der Waals surface area contributed by atoms with Gasteiger partial charge in [0.15, 0.2) is 0 Å². The van der Waals surface area contributed by atoms with Gasteiger partial charge < -0.3 is 4.74 Å². The molecule has 0 spiro atoms. The molecule has 96 valence electrons. The highest BCUT2D eigenvalue weighted by Crippen LogP contribution is 2.34. The van der Waals surface area contributed by atoms with Crippen LogP contribution in [0.2, 0.25) is 0 Å². The first-order valence-electron chi connectivity index (χ1n) is 6.56. The van der Waals surface area contributed by atoms with Crippen LogP contribution < -0.4 is 4.74 Å². The normalized spacial score (nSPS) is 22.2. The Balaban J connectivity index is 2.15. The number of allylic oxidation sites excluding steroid dienone is 2. The molecule has 18 heavy (non-hydrogen) atoms. The molecular weight excluding hydrogens is 224 g/mol. The standard InChI is InChI=1S/C16H20O2/c1-3-4-12-9-14(11-15(17)10-12)13-5-7-16(18-2)8-6-13/h4-8,14H,3,9-11H2,1-2H3. The minimum absolute atomic E-state index is 0.343. The van der Waals surface area contributed by atoms with Gasteiger partial charge in [0.1, 0.15) is 11.5 Å². The predicted molar refractivity (Wildman–Crippen MR) is 73.0 cm³/mol. The zero-order chi connectivity index (χ0) is 13.0. The highest BCUT2D eigenvalue weighted by molar-refractivity contribution is 5.83. The first-order valence-corrected chi connectivity index (χ1v) is 6.56. The molecule has 0 amide bonds. The lowest BCUT2D eigenvalue weighted by molar-refractivity contribution is -0.119. The SMILES string of the molecule is CCC=C1CC(=O)CC(c2ccc(OC)cc2)C1. The maximum atomic E-state index is 11.8. The summed E-state index contributed by atoms with van der Waals surface area (Å²) in [5, 5.41) is 0. The molecule has 1 aliphatic rings. The van der Waals surface area contributed by atoms with Crippen molar-refractivity contribution in [1.82, 2.24) is 0 Å². The van der Waals surface area contributed by atoms with E-state index in [1.54, 1.807) is 7.11 Å². The molecule has 0 aromatic heterocycles. The molecule has 1 unspecified atom stereocenters. The largest absolute Gasteiger partial charge is 0.497 e. The molecule has 0 heterocycles. The minimum Gasteiger partial charge on any atom is -0.497 e. The van der Waals surface area contributed by atoms with Gasteiger partial charge in [0, 0.05) is 12.8 Å². The quantitative estimate of drug-likeness (QED) is 0.754. The van der Waals surface area contributed by atoms with Crippen molar-refractivity contribution in [3.8, 4) is 5.75 Å². The molecule has 1 aliphatic carbocycles. The van der Waals surface area contributed by atoms with Crippen LogP contribution in [0.15, 0.2) is 35.9 Å². The second kappa shape index (κ2) is 5.85. The van der Waals surface area contributed by atoms with E-state index >= 15 is 0 Å². The Bertz CT molecular complexity index is 443. The van der Waals surface area contributed by atoms with Gasteiger partial charge in [-0.15, -0.1) is 0 Å². The maximum absolute atomic E-state index is 11.8. The van der Waals surface area contributed by atoms with Gasteiger partial charge in [-0.2, -0.15) is 0 Å². The van der Waals surface area contributed by atoms with Crippen LogP contribution in [0.5, 0.6) is 5.75 Å². The number of carbonyl (C=O) groups is 1. The van der Waals surface area contributed by atoms with Gasteiger partial charge in [-0.05, 0) is 36.5 Å². The molecule has 1 atom stereocenters. The summed E-state index contributed by atoms with van der Waals surface area (Å²) in [6.07, 6.45) is 5.56. The lowest BCUT2D eigenvalue weighted by Gasteiger charge is -2.24. The van der Waals surface area contributed by atoms with E-state index in [9.17, 15) is 4.79 Å². The van der Waals surface area contributed by atoms with E-state index in [2.05, 4.69) is 25.1 Å². The third kappa shape index (κ3) is 3.00. The van der Waals surface area contributed by atoms with E-state index in [4.69, 9.17) is 4.74 Å². The number of carbonyl (C=O) groups excluding carboxylic acids is 1. The molecule has 0 saturated heterocycles. The number of ether oxygens (including phenoxy) is 1. The van der Waals surface area contributed by atoms with Crippen molar-refractivity contribution in [2.75, 3.05) is 7.11 Å². The highest BCUT2D eigenvalue weighted by Gasteiger charge is 2.23. The van der Waals surface area contributed by atoms with Crippen LogP contribution in [-0.2, 0) is 4.79 Å². The summed E-state index contributed by atoms with van der Waals surface area (Å²) in [5.74, 6) is 1.57. The molecule has 1 aromatic carbocycles. The van der Waals surface area contributed by atoms with Gasteiger partial charge in [0.2, 0.25) is 0 Å². The first kappa shape index (κ1) is 12.9. The second-order valence-electron chi connectivity index (χ2n) is 4.86. The van der Waals surface area contributed by atoms with Crippen molar-refractivity contribution < 1.29 is 9.53 Å². The summed E-state index contributed by atoms with van der Waals surface area (Å²) in [5.41, 5.74) is 2.54. The summed E-state index contributed by atoms with van der Waals surface area (Å²) in [4.78, 5) is 11.8. The van der Waals surface area contributed by atoms with Crippen molar-refractivity contribution in [2.24, 2.45) is 0 Å². The highest BCUT2D eigenvalue weighted by atomic mass is 16.5. The zero-order valence-electron chi connectivity index (χ0n) is 11.1. The first-order chi connectivity index (χ1) is 8.72. The van der Waals surface area contributed by atoms with Crippen molar-refractivity contribution in [2.45, 2.75) is 38.5 Å². The molecule has 2 rings (SSSR count). The van der Waals surface area contributed by atoms with Gasteiger partial charge in [-0.3, -0.25) is 4.79 Å². The summed E-state index contributed by atoms with van der Waals surface area (Å²) < 4.78 is 5.16. The average molecular weight is 244 g/mol. The zero-order valence-corrected chi connectivity index (χ0v) is 11.1. The Morgan fingerprint density at radius 3 is 2.61 bits per heavy atom. The van der Waals surface area contributed by atoms with E-state index in [1.807, 2.05) is 12.1 Å². The molecular formula is C16H20O2. The Morgan fingerprint density at radius 1 is 1.28 bits per heavy atom. The third-order valence-corrected chi connectivity index (χ3v) is 3.49. The monoisotopic (exact) mass is 244 g/mol. The molecule has 0 aliphatic heterocycles. The topological polar surface area (TPSA) is 26.3 Å². The molecule has 0 bridgehead atoms. The number of methoxy groups -OCH3 is 1. The molecule has 2 nitrogen and oxygen atoms in total. The van der Waals surface area contributed by atoms with Crippen LogP contribution in [0.1, 0.15) is 44.1 Å². The second-order valence-corrected chi connectivity index (χ2v) is 4.86. The minimum atomic E-state index is 0.343. The lowest BCUT2D eigenvalue weighted by atomic mass is 9.80. The van der Waals surface area contributed by atoms with Crippen LogP contribution in [0, 0.1) is 0 Å². The van der Waals surface area contributed by atoms with Gasteiger partial charge in [-0.25, -0.2) is 0 Å². The molecule has 1 saturated carbocycles. The van der Waals surface area contributed by atoms with E-state index in [0.717, 1.165) is 18.6 Å². The van der Waals surface area contributed by atoms with Crippen LogP contribution in [0.25, 0.3) is 0 Å². The number of Topliss-reactive ketones (excluding diaryl/α,β-unsaturated/α-hetero) is 1. The van der Waals surface area contributed by atoms with E-state index < -0.39 is 0 Å². The maximum Gasteiger partial charge on any atom is 0.137 e. The van der Waals surface area contributed by atoms with Crippen LogP contribution in [0.4, 0.5) is 0 Å². The summed E-state index contributed by atoms with van der Waals surface area (Å²) in [7, 11) is 1.67. The number of hydrogen-bond acceptors (Lipinski definition) is 2. The Kier molecular flexibility index (Phi) is 4.19. The van der Waals surface area contributed by atoms with E-state index in [-0.39, 0.29) is 0 Å². The van der Waals surface area contributed by atoms with Crippen LogP contribution in [0.3, 0.4) is 0 Å². The van der Waals surface area contributed by atoms with Gasteiger partial charge in [0.25, 0.3) is 0 Å². The van der Waals surface area contributed by atoms with Gasteiger partial charge in [-0.1, -0.05) is 30.7 Å².